The first-order valence-electron chi connectivity index (χ1n) is 8.38. The molecule has 0 aromatic carbocycles. The number of aliphatic hydroxyl groups excluding tert-OH is 1. The first-order chi connectivity index (χ1) is 9.02. The Morgan fingerprint density at radius 2 is 2.00 bits per heavy atom. The molecule has 1 saturated heterocycles. The number of hydrogen-bond donors (Lipinski definition) is 1. The summed E-state index contributed by atoms with van der Waals surface area (Å²) >= 11 is 0. The summed E-state index contributed by atoms with van der Waals surface area (Å²) in [6.45, 7) is 6.93. The molecule has 2 aliphatic carbocycles. The molecule has 1 N–H and O–H groups in total. The lowest BCUT2D eigenvalue weighted by Crippen LogP contribution is -2.60. The maximum Gasteiger partial charge on any atom is 0.0795 e. The zero-order valence-corrected chi connectivity index (χ0v) is 12.8. The van der Waals surface area contributed by atoms with Crippen LogP contribution in [0.25, 0.3) is 0 Å². The molecule has 2 heteroatoms. The fourth-order valence-electron chi connectivity index (χ4n) is 5.32. The minimum Gasteiger partial charge on any atom is -0.393 e. The van der Waals surface area contributed by atoms with E-state index < -0.39 is 0 Å². The lowest BCUT2D eigenvalue weighted by molar-refractivity contribution is -0.206. The van der Waals surface area contributed by atoms with Crippen molar-refractivity contribution in [2.45, 2.75) is 89.9 Å². The Kier molecular flexibility index (Phi) is 3.46. The second-order valence-electron chi connectivity index (χ2n) is 7.63. The van der Waals surface area contributed by atoms with E-state index in [0.29, 0.717) is 17.4 Å². The van der Waals surface area contributed by atoms with Gasteiger partial charge in [0.15, 0.2) is 0 Å². The third kappa shape index (κ3) is 1.90. The molecule has 0 radical (unpaired) electrons. The van der Waals surface area contributed by atoms with Gasteiger partial charge >= 0.3 is 0 Å². The Hall–Kier alpha value is -0.0800. The van der Waals surface area contributed by atoms with Gasteiger partial charge in [0, 0.05) is 5.92 Å². The summed E-state index contributed by atoms with van der Waals surface area (Å²) in [5, 5.41) is 10.6. The Labute approximate surface area is 117 Å². The van der Waals surface area contributed by atoms with Crippen LogP contribution in [0.3, 0.4) is 0 Å². The second kappa shape index (κ2) is 4.73. The first-order valence-corrected chi connectivity index (χ1v) is 8.38. The van der Waals surface area contributed by atoms with Crippen molar-refractivity contribution in [1.29, 1.82) is 0 Å². The first kappa shape index (κ1) is 13.9. The van der Waals surface area contributed by atoms with Gasteiger partial charge in [-0.05, 0) is 56.8 Å². The second-order valence-corrected chi connectivity index (χ2v) is 7.63. The van der Waals surface area contributed by atoms with E-state index in [9.17, 15) is 5.11 Å². The van der Waals surface area contributed by atoms with Gasteiger partial charge in [-0.1, -0.05) is 26.7 Å². The van der Waals surface area contributed by atoms with Crippen molar-refractivity contribution in [3.63, 3.8) is 0 Å². The third-order valence-corrected chi connectivity index (χ3v) is 6.64. The zero-order chi connectivity index (χ0) is 13.7. The van der Waals surface area contributed by atoms with Crippen LogP contribution in [0, 0.1) is 17.3 Å². The number of unbranched alkanes of at least 4 members (excludes halogenated alkanes) is 1. The minimum absolute atomic E-state index is 0.0117. The lowest BCUT2D eigenvalue weighted by Gasteiger charge is -2.57. The number of aliphatic hydroxyl groups is 1. The normalized spacial score (nSPS) is 53.1. The van der Waals surface area contributed by atoms with E-state index in [0.717, 1.165) is 25.2 Å². The van der Waals surface area contributed by atoms with Gasteiger partial charge in [0.1, 0.15) is 0 Å². The van der Waals surface area contributed by atoms with E-state index in [-0.39, 0.29) is 11.7 Å². The van der Waals surface area contributed by atoms with E-state index >= 15 is 0 Å². The SMILES string of the molecule is CCCC[C@H]1[C@@H](O)CC[C@@]2(C)CC[C@@H]3C[C@]12OC3C. The number of hydrogen-bond acceptors (Lipinski definition) is 2. The average molecular weight is 266 g/mol. The molecule has 0 aromatic rings. The van der Waals surface area contributed by atoms with Crippen LogP contribution in [0.1, 0.15) is 72.1 Å². The van der Waals surface area contributed by atoms with Crippen molar-refractivity contribution in [3.8, 4) is 0 Å². The van der Waals surface area contributed by atoms with E-state index in [4.69, 9.17) is 4.74 Å². The Bertz CT molecular complexity index is 334. The highest BCUT2D eigenvalue weighted by atomic mass is 16.5. The fourth-order valence-corrected chi connectivity index (χ4v) is 5.32. The van der Waals surface area contributed by atoms with Gasteiger partial charge in [-0.2, -0.15) is 0 Å². The Balaban J connectivity index is 1.93. The number of ether oxygens (including phenoxy) is 1. The highest BCUT2D eigenvalue weighted by molar-refractivity contribution is 5.14. The van der Waals surface area contributed by atoms with E-state index in [2.05, 4.69) is 20.8 Å². The van der Waals surface area contributed by atoms with Gasteiger partial charge in [-0.15, -0.1) is 0 Å². The van der Waals surface area contributed by atoms with Gasteiger partial charge in [-0.25, -0.2) is 0 Å². The highest BCUT2D eigenvalue weighted by Crippen LogP contribution is 2.64. The van der Waals surface area contributed by atoms with Crippen LogP contribution in [0.5, 0.6) is 0 Å². The van der Waals surface area contributed by atoms with Crippen LogP contribution in [-0.4, -0.2) is 22.9 Å². The van der Waals surface area contributed by atoms with Gasteiger partial charge in [0.25, 0.3) is 0 Å². The molecule has 3 fully saturated rings. The number of rotatable bonds is 3. The quantitative estimate of drug-likeness (QED) is 0.839. The zero-order valence-electron chi connectivity index (χ0n) is 12.8. The van der Waals surface area contributed by atoms with Gasteiger partial charge in [-0.3, -0.25) is 0 Å². The molecule has 1 heterocycles. The van der Waals surface area contributed by atoms with Crippen molar-refractivity contribution in [3.05, 3.63) is 0 Å². The molecular formula is C17H30O2. The summed E-state index contributed by atoms with van der Waals surface area (Å²) in [6, 6.07) is 0. The van der Waals surface area contributed by atoms with Crippen LogP contribution < -0.4 is 0 Å². The van der Waals surface area contributed by atoms with Crippen molar-refractivity contribution in [1.82, 2.24) is 0 Å². The van der Waals surface area contributed by atoms with Gasteiger partial charge in [0.2, 0.25) is 0 Å². The molecule has 1 unspecified atom stereocenters. The predicted octanol–water partition coefficient (Wildman–Crippen LogP) is 3.91. The fraction of sp³-hybridized carbons (Fsp3) is 1.00. The minimum atomic E-state index is -0.135. The standard InChI is InChI=1S/C17H30O2/c1-4-5-6-14-15(18)8-10-16(3)9-7-13-11-17(14,16)19-12(13)2/h12-15,18H,4-11H2,1-3H3/t12?,13-,14+,15+,16-,17+/m1/s1. The van der Waals surface area contributed by atoms with Crippen LogP contribution >= 0.6 is 0 Å². The summed E-state index contributed by atoms with van der Waals surface area (Å²) < 4.78 is 6.60. The summed E-state index contributed by atoms with van der Waals surface area (Å²) in [5.74, 6) is 1.11. The summed E-state index contributed by atoms with van der Waals surface area (Å²) in [6.07, 6.45) is 9.82. The molecule has 6 atom stereocenters. The largest absolute Gasteiger partial charge is 0.393 e. The molecule has 110 valence electrons. The van der Waals surface area contributed by atoms with Crippen molar-refractivity contribution >= 4 is 0 Å². The number of fused-ring (bicyclic) bond motifs is 1. The monoisotopic (exact) mass is 266 g/mol. The summed E-state index contributed by atoms with van der Waals surface area (Å²) in [4.78, 5) is 0. The predicted molar refractivity (Wildman–Crippen MR) is 77.0 cm³/mol. The van der Waals surface area contributed by atoms with E-state index in [1.165, 1.54) is 32.1 Å². The van der Waals surface area contributed by atoms with Crippen molar-refractivity contribution < 1.29 is 9.84 Å². The third-order valence-electron chi connectivity index (χ3n) is 6.64. The Morgan fingerprint density at radius 3 is 2.74 bits per heavy atom. The van der Waals surface area contributed by atoms with Gasteiger partial charge < -0.3 is 9.84 Å². The summed E-state index contributed by atoms with van der Waals surface area (Å²) in [5.41, 5.74) is 0.300. The van der Waals surface area contributed by atoms with Crippen LogP contribution in [0.4, 0.5) is 0 Å². The molecule has 3 aliphatic rings. The molecule has 3 rings (SSSR count). The van der Waals surface area contributed by atoms with E-state index in [1.54, 1.807) is 0 Å². The van der Waals surface area contributed by atoms with Gasteiger partial charge in [0.05, 0.1) is 17.8 Å². The smallest absolute Gasteiger partial charge is 0.0795 e. The van der Waals surface area contributed by atoms with Crippen LogP contribution in [0.2, 0.25) is 0 Å². The average Bonchev–Trinajstić information content (AvgIpc) is 2.67. The topological polar surface area (TPSA) is 29.5 Å². The molecule has 2 saturated carbocycles. The van der Waals surface area contributed by atoms with E-state index in [1.807, 2.05) is 0 Å². The molecule has 1 spiro atoms. The maximum atomic E-state index is 10.6. The summed E-state index contributed by atoms with van der Waals surface area (Å²) in [7, 11) is 0. The van der Waals surface area contributed by atoms with Crippen molar-refractivity contribution in [2.75, 3.05) is 0 Å². The molecular weight excluding hydrogens is 236 g/mol. The molecule has 1 aliphatic heterocycles. The van der Waals surface area contributed by atoms with Crippen molar-refractivity contribution in [2.24, 2.45) is 17.3 Å². The highest BCUT2D eigenvalue weighted by Gasteiger charge is 2.64. The Morgan fingerprint density at radius 1 is 1.26 bits per heavy atom. The molecule has 0 amide bonds. The molecule has 2 nitrogen and oxygen atoms in total. The maximum absolute atomic E-state index is 10.6. The van der Waals surface area contributed by atoms with Crippen LogP contribution in [-0.2, 0) is 4.74 Å². The molecule has 0 aromatic heterocycles. The lowest BCUT2D eigenvalue weighted by atomic mass is 9.51. The molecule has 19 heavy (non-hydrogen) atoms. The van der Waals surface area contributed by atoms with Crippen LogP contribution in [0.15, 0.2) is 0 Å². The molecule has 2 bridgehead atoms.